The fourth-order valence-corrected chi connectivity index (χ4v) is 5.91. The van der Waals surface area contributed by atoms with Gasteiger partial charge < -0.3 is 9.64 Å². The van der Waals surface area contributed by atoms with Crippen LogP contribution in [-0.4, -0.2) is 21.2 Å². The van der Waals surface area contributed by atoms with Crippen molar-refractivity contribution in [3.05, 3.63) is 95.3 Å². The quantitative estimate of drug-likeness (QED) is 0.286. The van der Waals surface area contributed by atoms with Gasteiger partial charge in [-0.1, -0.05) is 66.8 Å². The molecule has 5 rings (SSSR count). The van der Waals surface area contributed by atoms with Gasteiger partial charge in [-0.3, -0.25) is 0 Å². The molecule has 6 nitrogen and oxygen atoms in total. The molecule has 37 heavy (non-hydrogen) atoms. The second kappa shape index (κ2) is 10.5. The Morgan fingerprint density at radius 1 is 1.03 bits per heavy atom. The molecule has 0 bridgehead atoms. The van der Waals surface area contributed by atoms with Crippen LogP contribution < -0.4 is 18.9 Å². The lowest BCUT2D eigenvalue weighted by Crippen LogP contribution is -2.44. The van der Waals surface area contributed by atoms with Crippen LogP contribution in [0.4, 0.5) is 5.69 Å². The Balaban J connectivity index is 1.51. The summed E-state index contributed by atoms with van der Waals surface area (Å²) in [5, 5.41) is 0.968. The normalized spacial score (nSPS) is 14.8. The highest BCUT2D eigenvalue weighted by atomic mass is 32.2. The first-order valence-corrected chi connectivity index (χ1v) is 15.0. The number of aromatic nitrogens is 1. The van der Waals surface area contributed by atoms with Crippen molar-refractivity contribution >= 4 is 43.3 Å². The van der Waals surface area contributed by atoms with Crippen molar-refractivity contribution in [3.8, 4) is 16.9 Å². The molecular weight excluding hydrogens is 502 g/mol. The Hall–Kier alpha value is -3.46. The van der Waals surface area contributed by atoms with E-state index in [0.29, 0.717) is 0 Å². The lowest BCUT2D eigenvalue weighted by atomic mass is 10.0. The standard InChI is InChI=1S/C29H30N3O3S2/c1-4-21(18-29-32(20-30-37(3,33)34)24-13-9-10-14-27(24)36-29)17-28-31(5-2)25-19-23(15-16-26(25)35-28)22-11-7-6-8-12-22/h6-19,30H,4-5,20H2,1-3H3/q+1. The van der Waals surface area contributed by atoms with Crippen LogP contribution in [0.3, 0.4) is 0 Å². The van der Waals surface area contributed by atoms with E-state index in [0.717, 1.165) is 56.6 Å². The van der Waals surface area contributed by atoms with Gasteiger partial charge in [-0.15, -0.1) is 0 Å². The predicted molar refractivity (Wildman–Crippen MR) is 152 cm³/mol. The molecule has 0 unspecified atom stereocenters. The molecule has 0 atom stereocenters. The number of thiazole rings is 1. The Kier molecular flexibility index (Phi) is 7.15. The third kappa shape index (κ3) is 5.46. The molecule has 1 aliphatic rings. The van der Waals surface area contributed by atoms with E-state index in [1.54, 1.807) is 11.3 Å². The number of allylic oxidation sites excluding steroid dienone is 2. The topological polar surface area (TPSA) is 62.5 Å². The molecule has 0 amide bonds. The third-order valence-electron chi connectivity index (χ3n) is 6.30. The van der Waals surface area contributed by atoms with E-state index in [1.807, 2.05) is 47.0 Å². The van der Waals surface area contributed by atoms with Crippen molar-refractivity contribution in [2.75, 3.05) is 17.7 Å². The second-order valence-corrected chi connectivity index (χ2v) is 11.8. The molecule has 190 valence electrons. The van der Waals surface area contributed by atoms with Gasteiger partial charge in [0.15, 0.2) is 5.75 Å². The average Bonchev–Trinajstić information content (AvgIpc) is 3.43. The summed E-state index contributed by atoms with van der Waals surface area (Å²) >= 11 is 1.64. The first-order valence-electron chi connectivity index (χ1n) is 12.3. The number of benzene rings is 3. The number of nitrogens with one attached hydrogen (secondary N) is 1. The van der Waals surface area contributed by atoms with Crippen LogP contribution in [0.2, 0.25) is 0 Å². The van der Waals surface area contributed by atoms with Crippen LogP contribution in [-0.2, 0) is 16.7 Å². The maximum absolute atomic E-state index is 11.8. The lowest BCUT2D eigenvalue weighted by molar-refractivity contribution is -0.670. The molecule has 1 N–H and O–H groups in total. The van der Waals surface area contributed by atoms with Gasteiger partial charge in [0.25, 0.3) is 5.01 Å². The number of fused-ring (bicyclic) bond motifs is 2. The van der Waals surface area contributed by atoms with Crippen molar-refractivity contribution in [1.82, 2.24) is 4.72 Å². The third-order valence-corrected chi connectivity index (χ3v) is 8.07. The van der Waals surface area contributed by atoms with Crippen LogP contribution in [0.5, 0.6) is 5.75 Å². The number of rotatable bonds is 8. The molecule has 3 aromatic carbocycles. The zero-order valence-corrected chi connectivity index (χ0v) is 22.8. The molecule has 2 heterocycles. The minimum atomic E-state index is -3.33. The number of hydrogen-bond acceptors (Lipinski definition) is 5. The summed E-state index contributed by atoms with van der Waals surface area (Å²) in [6.07, 6.45) is 6.18. The van der Waals surface area contributed by atoms with E-state index >= 15 is 0 Å². The average molecular weight is 533 g/mol. The van der Waals surface area contributed by atoms with Gasteiger partial charge in [0, 0.05) is 24.8 Å². The van der Waals surface area contributed by atoms with Crippen LogP contribution in [0.15, 0.2) is 90.3 Å². The second-order valence-electron chi connectivity index (χ2n) is 8.86. The van der Waals surface area contributed by atoms with Crippen LogP contribution >= 0.6 is 11.3 Å². The Morgan fingerprint density at radius 2 is 1.78 bits per heavy atom. The molecule has 0 spiro atoms. The van der Waals surface area contributed by atoms with E-state index in [1.165, 1.54) is 11.8 Å². The van der Waals surface area contributed by atoms with Crippen LogP contribution in [0.25, 0.3) is 27.4 Å². The van der Waals surface area contributed by atoms with E-state index in [-0.39, 0.29) is 6.67 Å². The largest absolute Gasteiger partial charge is 0.439 e. The maximum atomic E-state index is 11.8. The molecule has 0 radical (unpaired) electrons. The lowest BCUT2D eigenvalue weighted by Gasteiger charge is -2.16. The number of nitrogens with zero attached hydrogens (tertiary/aromatic N) is 2. The minimum absolute atomic E-state index is 0.174. The zero-order valence-electron chi connectivity index (χ0n) is 21.1. The van der Waals surface area contributed by atoms with Gasteiger partial charge in [-0.2, -0.15) is 9.29 Å². The fourth-order valence-electron chi connectivity index (χ4n) is 4.41. The SMILES string of the molecule is CCC(=Cc1sc2ccccc2[n+]1CNS(C)(=O)=O)C=C1Oc2ccc(-c3ccccc3)cc2N1CC. The summed E-state index contributed by atoms with van der Waals surface area (Å²) in [6.45, 7) is 5.18. The minimum Gasteiger partial charge on any atom is -0.439 e. The van der Waals surface area contributed by atoms with Crippen molar-refractivity contribution in [3.63, 3.8) is 0 Å². The number of sulfonamides is 1. The summed E-state index contributed by atoms with van der Waals surface area (Å²) in [4.78, 5) is 2.19. The molecule has 4 aromatic rings. The molecule has 0 saturated carbocycles. The molecule has 0 aliphatic carbocycles. The number of anilines is 1. The smallest absolute Gasteiger partial charge is 0.264 e. The van der Waals surface area contributed by atoms with Crippen molar-refractivity contribution in [2.45, 2.75) is 26.9 Å². The number of hydrogen-bond donors (Lipinski definition) is 1. The Morgan fingerprint density at radius 3 is 2.51 bits per heavy atom. The van der Waals surface area contributed by atoms with E-state index in [2.05, 4.69) is 66.0 Å². The molecule has 1 aromatic heterocycles. The summed E-state index contributed by atoms with van der Waals surface area (Å²) < 4.78 is 35.6. The summed E-state index contributed by atoms with van der Waals surface area (Å²) in [5.74, 6) is 1.63. The molecule has 8 heteroatoms. The molecule has 0 saturated heterocycles. The Labute approximate surface area is 222 Å². The van der Waals surface area contributed by atoms with Gasteiger partial charge in [0.05, 0.1) is 11.9 Å². The van der Waals surface area contributed by atoms with Crippen LogP contribution in [0.1, 0.15) is 25.3 Å². The molecule has 0 fully saturated rings. The molecule has 1 aliphatic heterocycles. The summed E-state index contributed by atoms with van der Waals surface area (Å²) in [6, 6.07) is 24.7. The molecular formula is C29H30N3O3S2+. The van der Waals surface area contributed by atoms with E-state index in [4.69, 9.17) is 4.74 Å². The summed E-state index contributed by atoms with van der Waals surface area (Å²) in [7, 11) is -3.33. The van der Waals surface area contributed by atoms with Gasteiger partial charge in [-0.05, 0) is 48.2 Å². The van der Waals surface area contributed by atoms with Gasteiger partial charge in [0.1, 0.15) is 4.70 Å². The zero-order chi connectivity index (χ0) is 26.0. The highest BCUT2D eigenvalue weighted by molar-refractivity contribution is 7.88. The Bertz CT molecular complexity index is 1610. The highest BCUT2D eigenvalue weighted by Gasteiger charge is 2.26. The van der Waals surface area contributed by atoms with E-state index in [9.17, 15) is 8.42 Å². The van der Waals surface area contributed by atoms with Gasteiger partial charge in [-0.25, -0.2) is 8.42 Å². The van der Waals surface area contributed by atoms with Crippen LogP contribution in [0, 0.1) is 0 Å². The van der Waals surface area contributed by atoms with Gasteiger partial charge in [0.2, 0.25) is 28.1 Å². The predicted octanol–water partition coefficient (Wildman–Crippen LogP) is 5.92. The fraction of sp³-hybridized carbons (Fsp3) is 0.207. The highest BCUT2D eigenvalue weighted by Crippen LogP contribution is 2.42. The number of para-hydroxylation sites is 1. The van der Waals surface area contributed by atoms with Gasteiger partial charge >= 0.3 is 0 Å². The monoisotopic (exact) mass is 532 g/mol. The van der Waals surface area contributed by atoms with Crippen molar-refractivity contribution in [1.29, 1.82) is 0 Å². The van der Waals surface area contributed by atoms with E-state index < -0.39 is 10.0 Å². The summed E-state index contributed by atoms with van der Waals surface area (Å²) in [5.41, 5.74) is 5.46. The maximum Gasteiger partial charge on any atom is 0.264 e. The van der Waals surface area contributed by atoms with Crippen molar-refractivity contribution in [2.24, 2.45) is 0 Å². The van der Waals surface area contributed by atoms with Crippen molar-refractivity contribution < 1.29 is 17.7 Å². The number of ether oxygens (including phenoxy) is 1. The first kappa shape index (κ1) is 25.2. The first-order chi connectivity index (χ1) is 17.9.